The zero-order chi connectivity index (χ0) is 9.42. The number of amides is 2. The van der Waals surface area contributed by atoms with Crippen molar-refractivity contribution in [3.8, 4) is 0 Å². The van der Waals surface area contributed by atoms with Crippen LogP contribution in [-0.4, -0.2) is 42.9 Å². The van der Waals surface area contributed by atoms with E-state index in [-0.39, 0.29) is 23.7 Å². The van der Waals surface area contributed by atoms with E-state index in [4.69, 9.17) is 5.73 Å². The van der Waals surface area contributed by atoms with Gasteiger partial charge in [0, 0.05) is 26.2 Å². The minimum absolute atomic E-state index is 0.116. The summed E-state index contributed by atoms with van der Waals surface area (Å²) in [4.78, 5) is 24.5. The third-order valence-electron chi connectivity index (χ3n) is 2.76. The molecule has 2 aliphatic heterocycles. The fourth-order valence-corrected chi connectivity index (χ4v) is 2.09. The predicted octanol–water partition coefficient (Wildman–Crippen LogP) is -1.85. The van der Waals surface area contributed by atoms with Gasteiger partial charge >= 0.3 is 0 Å². The number of carbonyl (C=O) groups excluding carboxylic acids is 2. The lowest BCUT2D eigenvalue weighted by Gasteiger charge is -2.14. The van der Waals surface area contributed by atoms with E-state index in [9.17, 15) is 9.59 Å². The Balaban J connectivity index is 2.04. The fourth-order valence-electron chi connectivity index (χ4n) is 2.09. The van der Waals surface area contributed by atoms with Crippen LogP contribution in [0.1, 0.15) is 0 Å². The summed E-state index contributed by atoms with van der Waals surface area (Å²) in [7, 11) is 0. The van der Waals surface area contributed by atoms with E-state index in [1.807, 2.05) is 0 Å². The molecule has 2 heterocycles. The molecule has 13 heavy (non-hydrogen) atoms. The van der Waals surface area contributed by atoms with Gasteiger partial charge in [-0.15, -0.1) is 0 Å². The van der Waals surface area contributed by atoms with Crippen LogP contribution >= 0.6 is 0 Å². The van der Waals surface area contributed by atoms with Crippen LogP contribution in [0.25, 0.3) is 0 Å². The Bertz CT molecular complexity index is 232. The van der Waals surface area contributed by atoms with Crippen molar-refractivity contribution in [2.45, 2.75) is 0 Å². The molecule has 72 valence electrons. The molecule has 2 amide bonds. The van der Waals surface area contributed by atoms with Crippen molar-refractivity contribution in [2.24, 2.45) is 17.6 Å². The van der Waals surface area contributed by atoms with Crippen molar-refractivity contribution in [3.05, 3.63) is 0 Å². The van der Waals surface area contributed by atoms with Gasteiger partial charge < -0.3 is 10.6 Å². The zero-order valence-corrected chi connectivity index (χ0v) is 7.32. The van der Waals surface area contributed by atoms with E-state index in [1.165, 1.54) is 0 Å². The first-order chi connectivity index (χ1) is 6.22. The van der Waals surface area contributed by atoms with E-state index in [0.717, 1.165) is 6.54 Å². The predicted molar refractivity (Wildman–Crippen MR) is 45.6 cm³/mol. The molecule has 5 nitrogen and oxygen atoms in total. The van der Waals surface area contributed by atoms with Gasteiger partial charge in [0.1, 0.15) is 0 Å². The van der Waals surface area contributed by atoms with Crippen molar-refractivity contribution in [1.29, 1.82) is 0 Å². The number of likely N-dealkylation sites (tertiary alicyclic amines) is 1. The zero-order valence-electron chi connectivity index (χ0n) is 7.32. The minimum atomic E-state index is -0.126. The second kappa shape index (κ2) is 3.08. The maximum atomic E-state index is 11.2. The van der Waals surface area contributed by atoms with Gasteiger partial charge in [0.15, 0.2) is 0 Å². The average molecular weight is 183 g/mol. The maximum absolute atomic E-state index is 11.2. The second-order valence-corrected chi connectivity index (χ2v) is 3.61. The number of nitrogens with two attached hydrogens (primary N) is 1. The lowest BCUT2D eigenvalue weighted by Crippen LogP contribution is -2.33. The molecule has 5 heteroatoms. The van der Waals surface area contributed by atoms with Gasteiger partial charge in [-0.1, -0.05) is 0 Å². The standard InChI is InChI=1S/C8H13N3O2/c9-1-2-11-3-5-6(4-11)8(13)10-7(5)12/h5-6H,1-4,9H2,(H,10,12,13)/t5-,6-/m1/s1. The van der Waals surface area contributed by atoms with Crippen molar-refractivity contribution < 1.29 is 9.59 Å². The van der Waals surface area contributed by atoms with E-state index in [0.29, 0.717) is 19.6 Å². The quantitative estimate of drug-likeness (QED) is 0.493. The monoisotopic (exact) mass is 183 g/mol. The minimum Gasteiger partial charge on any atom is -0.329 e. The first-order valence-corrected chi connectivity index (χ1v) is 4.49. The first-order valence-electron chi connectivity index (χ1n) is 4.49. The Morgan fingerprint density at radius 2 is 1.85 bits per heavy atom. The lowest BCUT2D eigenvalue weighted by atomic mass is 10.00. The van der Waals surface area contributed by atoms with Crippen LogP contribution in [0.3, 0.4) is 0 Å². The number of hydrogen-bond donors (Lipinski definition) is 2. The lowest BCUT2D eigenvalue weighted by molar-refractivity contribution is -0.126. The Hall–Kier alpha value is -0.940. The molecule has 2 saturated heterocycles. The van der Waals surface area contributed by atoms with E-state index in [1.54, 1.807) is 0 Å². The molecule has 2 fully saturated rings. The molecule has 0 unspecified atom stereocenters. The molecule has 0 saturated carbocycles. The van der Waals surface area contributed by atoms with Crippen molar-refractivity contribution in [3.63, 3.8) is 0 Å². The molecule has 2 aliphatic rings. The van der Waals surface area contributed by atoms with Crippen molar-refractivity contribution in [2.75, 3.05) is 26.2 Å². The molecule has 0 aromatic heterocycles. The number of carbonyl (C=O) groups is 2. The summed E-state index contributed by atoms with van der Waals surface area (Å²) < 4.78 is 0. The average Bonchev–Trinajstić information content (AvgIpc) is 2.57. The number of hydrogen-bond acceptors (Lipinski definition) is 4. The second-order valence-electron chi connectivity index (χ2n) is 3.61. The third-order valence-corrected chi connectivity index (χ3v) is 2.76. The van der Waals surface area contributed by atoms with Gasteiger partial charge in [-0.05, 0) is 0 Å². The number of rotatable bonds is 2. The molecule has 0 radical (unpaired) electrons. The summed E-state index contributed by atoms with van der Waals surface area (Å²) in [5.74, 6) is -0.484. The smallest absolute Gasteiger partial charge is 0.231 e. The topological polar surface area (TPSA) is 75.4 Å². The van der Waals surface area contributed by atoms with E-state index < -0.39 is 0 Å². The van der Waals surface area contributed by atoms with Crippen LogP contribution in [0.4, 0.5) is 0 Å². The molecular formula is C8H13N3O2. The summed E-state index contributed by atoms with van der Waals surface area (Å²) in [6.45, 7) is 2.71. The van der Waals surface area contributed by atoms with E-state index in [2.05, 4.69) is 10.2 Å². The number of fused-ring (bicyclic) bond motifs is 1. The molecule has 2 atom stereocenters. The van der Waals surface area contributed by atoms with Gasteiger partial charge in [0.2, 0.25) is 11.8 Å². The van der Waals surface area contributed by atoms with Crippen LogP contribution in [0.15, 0.2) is 0 Å². The highest BCUT2D eigenvalue weighted by Gasteiger charge is 2.47. The number of imide groups is 1. The largest absolute Gasteiger partial charge is 0.329 e. The van der Waals surface area contributed by atoms with Gasteiger partial charge in [-0.2, -0.15) is 0 Å². The molecule has 0 aliphatic carbocycles. The molecular weight excluding hydrogens is 170 g/mol. The van der Waals surface area contributed by atoms with Crippen molar-refractivity contribution >= 4 is 11.8 Å². The van der Waals surface area contributed by atoms with Gasteiger partial charge in [-0.25, -0.2) is 0 Å². The van der Waals surface area contributed by atoms with Gasteiger partial charge in [-0.3, -0.25) is 14.9 Å². The Labute approximate surface area is 76.3 Å². The molecule has 0 bridgehead atoms. The third kappa shape index (κ3) is 1.34. The number of nitrogens with one attached hydrogen (secondary N) is 1. The highest BCUT2D eigenvalue weighted by Crippen LogP contribution is 2.27. The summed E-state index contributed by atoms with van der Waals surface area (Å²) in [5.41, 5.74) is 5.40. The highest BCUT2D eigenvalue weighted by molar-refractivity contribution is 6.05. The van der Waals surface area contributed by atoms with Crippen LogP contribution in [0.5, 0.6) is 0 Å². The summed E-state index contributed by atoms with van der Waals surface area (Å²) in [6.07, 6.45) is 0. The van der Waals surface area contributed by atoms with Crippen LogP contribution in [0, 0.1) is 11.8 Å². The van der Waals surface area contributed by atoms with Gasteiger partial charge in [0.25, 0.3) is 0 Å². The van der Waals surface area contributed by atoms with Crippen molar-refractivity contribution in [1.82, 2.24) is 10.2 Å². The number of nitrogens with zero attached hydrogens (tertiary/aromatic N) is 1. The Kier molecular flexibility index (Phi) is 2.05. The summed E-state index contributed by atoms with van der Waals surface area (Å²) >= 11 is 0. The van der Waals surface area contributed by atoms with Crippen LogP contribution in [-0.2, 0) is 9.59 Å². The maximum Gasteiger partial charge on any atom is 0.231 e. The molecule has 0 spiro atoms. The van der Waals surface area contributed by atoms with E-state index >= 15 is 0 Å². The molecule has 0 aromatic rings. The van der Waals surface area contributed by atoms with Crippen LogP contribution < -0.4 is 11.1 Å². The Morgan fingerprint density at radius 1 is 1.31 bits per heavy atom. The summed E-state index contributed by atoms with van der Waals surface area (Å²) in [6, 6.07) is 0. The van der Waals surface area contributed by atoms with Crippen LogP contribution in [0.2, 0.25) is 0 Å². The SMILES string of the molecule is NCCN1C[C@H]2C(=O)NC(=O)[C@@H]2C1. The Morgan fingerprint density at radius 3 is 2.31 bits per heavy atom. The normalized spacial score (nSPS) is 33.6. The fraction of sp³-hybridized carbons (Fsp3) is 0.750. The molecule has 2 rings (SSSR count). The van der Waals surface area contributed by atoms with Gasteiger partial charge in [0.05, 0.1) is 11.8 Å². The molecule has 0 aromatic carbocycles. The highest BCUT2D eigenvalue weighted by atomic mass is 16.2. The summed E-state index contributed by atoms with van der Waals surface area (Å²) in [5, 5.41) is 2.35. The molecule has 3 N–H and O–H groups in total. The first kappa shape index (κ1) is 8.65.